The molecule has 1 atom stereocenters. The maximum Gasteiger partial charge on any atom is 0.161 e. The van der Waals surface area contributed by atoms with E-state index >= 15 is 0 Å². The molecule has 4 nitrogen and oxygen atoms in total. The fourth-order valence-electron chi connectivity index (χ4n) is 2.44. The van der Waals surface area contributed by atoms with Gasteiger partial charge >= 0.3 is 0 Å². The van der Waals surface area contributed by atoms with Crippen molar-refractivity contribution in [1.82, 2.24) is 10.2 Å². The third-order valence-corrected chi connectivity index (χ3v) is 3.55. The first-order valence-electron chi connectivity index (χ1n) is 6.99. The van der Waals surface area contributed by atoms with Crippen LogP contribution in [0, 0.1) is 0 Å². The summed E-state index contributed by atoms with van der Waals surface area (Å²) in [6.07, 6.45) is 0. The van der Waals surface area contributed by atoms with E-state index in [9.17, 15) is 0 Å². The van der Waals surface area contributed by atoms with Gasteiger partial charge in [0.15, 0.2) is 11.5 Å². The highest BCUT2D eigenvalue weighted by Crippen LogP contribution is 2.28. The first-order valence-corrected chi connectivity index (χ1v) is 6.99. The average molecular weight is 264 g/mol. The number of hydrogen-bond acceptors (Lipinski definition) is 4. The Morgan fingerprint density at radius 1 is 1.37 bits per heavy atom. The Hall–Kier alpha value is -1.26. The maximum absolute atomic E-state index is 5.63. The van der Waals surface area contributed by atoms with E-state index in [0.717, 1.165) is 37.7 Å². The molecule has 19 heavy (non-hydrogen) atoms. The summed E-state index contributed by atoms with van der Waals surface area (Å²) in [6.45, 7) is 9.10. The summed E-state index contributed by atoms with van der Waals surface area (Å²) in [5.74, 6) is 1.64. The molecule has 0 aromatic heterocycles. The van der Waals surface area contributed by atoms with Crippen molar-refractivity contribution in [1.29, 1.82) is 0 Å². The van der Waals surface area contributed by atoms with Gasteiger partial charge in [0, 0.05) is 32.2 Å². The lowest BCUT2D eigenvalue weighted by molar-refractivity contribution is 0.165. The quantitative estimate of drug-likeness (QED) is 0.880. The van der Waals surface area contributed by atoms with Gasteiger partial charge in [0.05, 0.1) is 13.7 Å². The van der Waals surface area contributed by atoms with E-state index in [-0.39, 0.29) is 0 Å². The Kier molecular flexibility index (Phi) is 5.05. The number of hydrogen-bond donors (Lipinski definition) is 1. The molecule has 1 N–H and O–H groups in total. The zero-order chi connectivity index (χ0) is 13.7. The molecule has 0 saturated carbocycles. The molecule has 0 aliphatic carbocycles. The maximum atomic E-state index is 5.63. The molecule has 0 spiro atoms. The first kappa shape index (κ1) is 14.2. The largest absolute Gasteiger partial charge is 0.493 e. The topological polar surface area (TPSA) is 33.7 Å². The molecule has 0 amide bonds. The van der Waals surface area contributed by atoms with Gasteiger partial charge in [-0.25, -0.2) is 0 Å². The second kappa shape index (κ2) is 6.78. The van der Waals surface area contributed by atoms with Gasteiger partial charge in [0.2, 0.25) is 0 Å². The van der Waals surface area contributed by atoms with Crippen LogP contribution in [0.4, 0.5) is 0 Å². The molecule has 106 valence electrons. The van der Waals surface area contributed by atoms with Crippen LogP contribution < -0.4 is 14.8 Å². The third-order valence-electron chi connectivity index (χ3n) is 3.55. The van der Waals surface area contributed by atoms with Gasteiger partial charge in [0.1, 0.15) is 0 Å². The van der Waals surface area contributed by atoms with E-state index in [2.05, 4.69) is 29.3 Å². The third kappa shape index (κ3) is 3.61. The fraction of sp³-hybridized carbons (Fsp3) is 0.600. The van der Waals surface area contributed by atoms with Crippen molar-refractivity contribution in [2.75, 3.05) is 33.4 Å². The fourth-order valence-corrected chi connectivity index (χ4v) is 2.44. The number of methoxy groups -OCH3 is 1. The van der Waals surface area contributed by atoms with Crippen LogP contribution in [0.25, 0.3) is 0 Å². The summed E-state index contributed by atoms with van der Waals surface area (Å²) in [7, 11) is 1.68. The molecule has 2 rings (SSSR count). The van der Waals surface area contributed by atoms with E-state index in [1.54, 1.807) is 7.11 Å². The van der Waals surface area contributed by atoms with E-state index in [1.165, 1.54) is 5.56 Å². The molecule has 1 aromatic carbocycles. The van der Waals surface area contributed by atoms with E-state index in [0.29, 0.717) is 12.6 Å². The Labute approximate surface area is 115 Å². The molecular formula is C15H24N2O2. The van der Waals surface area contributed by atoms with Gasteiger partial charge in [-0.05, 0) is 31.5 Å². The second-order valence-corrected chi connectivity index (χ2v) is 4.94. The summed E-state index contributed by atoms with van der Waals surface area (Å²) in [5.41, 5.74) is 1.28. The minimum Gasteiger partial charge on any atom is -0.493 e. The average Bonchev–Trinajstić information content (AvgIpc) is 2.42. The highest BCUT2D eigenvalue weighted by molar-refractivity contribution is 5.43. The van der Waals surface area contributed by atoms with Crippen molar-refractivity contribution in [2.24, 2.45) is 0 Å². The van der Waals surface area contributed by atoms with Gasteiger partial charge in [-0.2, -0.15) is 0 Å². The highest BCUT2D eigenvalue weighted by Gasteiger charge is 2.18. The lowest BCUT2D eigenvalue weighted by atomic mass is 10.1. The van der Waals surface area contributed by atoms with Gasteiger partial charge in [-0.1, -0.05) is 6.07 Å². The second-order valence-electron chi connectivity index (χ2n) is 4.94. The van der Waals surface area contributed by atoms with E-state index in [1.807, 2.05) is 13.0 Å². The molecular weight excluding hydrogens is 240 g/mol. The Balaban J connectivity index is 2.09. The molecule has 1 saturated heterocycles. The first-order chi connectivity index (χ1) is 9.24. The molecule has 0 radical (unpaired) electrons. The minimum absolute atomic E-state index is 0.575. The van der Waals surface area contributed by atoms with Crippen LogP contribution in [-0.4, -0.2) is 44.3 Å². The van der Waals surface area contributed by atoms with Crippen LogP contribution in [0.1, 0.15) is 19.4 Å². The zero-order valence-corrected chi connectivity index (χ0v) is 12.1. The van der Waals surface area contributed by atoms with Crippen LogP contribution in [0.3, 0.4) is 0 Å². The van der Waals surface area contributed by atoms with Crippen molar-refractivity contribution in [3.05, 3.63) is 23.8 Å². The minimum atomic E-state index is 0.575. The molecule has 1 unspecified atom stereocenters. The molecule has 1 aromatic rings. The molecule has 0 bridgehead atoms. The van der Waals surface area contributed by atoms with Crippen molar-refractivity contribution >= 4 is 0 Å². The highest BCUT2D eigenvalue weighted by atomic mass is 16.5. The summed E-state index contributed by atoms with van der Waals surface area (Å²) < 4.78 is 10.9. The standard InChI is InChI=1S/C15H24N2O2/c1-4-19-15-9-13(5-6-14(15)18-3)11-17-8-7-16-10-12(17)2/h5-6,9,12,16H,4,7-8,10-11H2,1-3H3. The van der Waals surface area contributed by atoms with Crippen LogP contribution in [-0.2, 0) is 6.54 Å². The smallest absolute Gasteiger partial charge is 0.161 e. The van der Waals surface area contributed by atoms with Crippen molar-refractivity contribution in [2.45, 2.75) is 26.4 Å². The molecule has 1 aliphatic heterocycles. The number of nitrogens with zero attached hydrogens (tertiary/aromatic N) is 1. The molecule has 4 heteroatoms. The zero-order valence-electron chi connectivity index (χ0n) is 12.1. The number of rotatable bonds is 5. The van der Waals surface area contributed by atoms with Crippen molar-refractivity contribution in [3.8, 4) is 11.5 Å². The van der Waals surface area contributed by atoms with Gasteiger partial charge < -0.3 is 14.8 Å². The number of ether oxygens (including phenoxy) is 2. The molecule has 1 heterocycles. The number of nitrogens with one attached hydrogen (secondary N) is 1. The SMILES string of the molecule is CCOc1cc(CN2CCNCC2C)ccc1OC. The molecule has 1 aliphatic rings. The Morgan fingerprint density at radius 3 is 2.89 bits per heavy atom. The van der Waals surface area contributed by atoms with Crippen LogP contribution in [0.5, 0.6) is 11.5 Å². The van der Waals surface area contributed by atoms with Gasteiger partial charge in [-0.15, -0.1) is 0 Å². The predicted molar refractivity (Wildman–Crippen MR) is 76.9 cm³/mol. The van der Waals surface area contributed by atoms with Crippen LogP contribution in [0.15, 0.2) is 18.2 Å². The monoisotopic (exact) mass is 264 g/mol. The van der Waals surface area contributed by atoms with Crippen LogP contribution in [0.2, 0.25) is 0 Å². The van der Waals surface area contributed by atoms with E-state index in [4.69, 9.17) is 9.47 Å². The number of benzene rings is 1. The Bertz CT molecular complexity index is 409. The summed E-state index contributed by atoms with van der Waals surface area (Å²) in [4.78, 5) is 2.49. The summed E-state index contributed by atoms with van der Waals surface area (Å²) >= 11 is 0. The van der Waals surface area contributed by atoms with Crippen molar-refractivity contribution < 1.29 is 9.47 Å². The number of piperazine rings is 1. The lowest BCUT2D eigenvalue weighted by Crippen LogP contribution is -2.49. The summed E-state index contributed by atoms with van der Waals surface area (Å²) in [6, 6.07) is 6.78. The predicted octanol–water partition coefficient (Wildman–Crippen LogP) is 1.89. The normalized spacial score (nSPS) is 20.3. The van der Waals surface area contributed by atoms with Gasteiger partial charge in [-0.3, -0.25) is 4.90 Å². The van der Waals surface area contributed by atoms with Gasteiger partial charge in [0.25, 0.3) is 0 Å². The van der Waals surface area contributed by atoms with E-state index < -0.39 is 0 Å². The Morgan fingerprint density at radius 2 is 2.21 bits per heavy atom. The van der Waals surface area contributed by atoms with Crippen molar-refractivity contribution in [3.63, 3.8) is 0 Å². The lowest BCUT2D eigenvalue weighted by Gasteiger charge is -2.34. The molecule has 1 fully saturated rings. The van der Waals surface area contributed by atoms with Crippen LogP contribution >= 0.6 is 0 Å². The summed E-state index contributed by atoms with van der Waals surface area (Å²) in [5, 5.41) is 3.41.